The molecule has 3 atom stereocenters. The molecular formula is C11H16N2O5S. The van der Waals surface area contributed by atoms with Gasteiger partial charge in [0, 0.05) is 11.3 Å². The van der Waals surface area contributed by atoms with Gasteiger partial charge in [-0.3, -0.25) is 4.18 Å². The fraction of sp³-hybridized carbons (Fsp3) is 0.455. The lowest BCUT2D eigenvalue weighted by Crippen LogP contribution is -2.38. The van der Waals surface area contributed by atoms with Gasteiger partial charge in [0.05, 0.1) is 7.11 Å². The first-order chi connectivity index (χ1) is 8.93. The minimum Gasteiger partial charge on any atom is -0.398 e. The van der Waals surface area contributed by atoms with Gasteiger partial charge in [0.2, 0.25) is 0 Å². The van der Waals surface area contributed by atoms with Gasteiger partial charge in [-0.25, -0.2) is 0 Å². The van der Waals surface area contributed by atoms with Gasteiger partial charge in [-0.15, -0.1) is 0 Å². The largest absolute Gasteiger partial charge is 0.398 e. The molecule has 0 aromatic heterocycles. The van der Waals surface area contributed by atoms with Crippen molar-refractivity contribution in [3.05, 3.63) is 29.8 Å². The summed E-state index contributed by atoms with van der Waals surface area (Å²) in [5.41, 5.74) is 7.03. The molecule has 7 nitrogen and oxygen atoms in total. The van der Waals surface area contributed by atoms with Crippen LogP contribution < -0.4 is 10.5 Å². The standard InChI is InChI=1S/C11H16N2O5S/c1-7-17-10(8-5-3-4-6-9(8)12)11(18-7)13-19(14,15)16-2/h3-7,10-11,13H,12H2,1-2H3/t7?,10-,11-/m1/s1. The van der Waals surface area contributed by atoms with E-state index in [0.29, 0.717) is 11.3 Å². The average molecular weight is 288 g/mol. The number of nitrogen functional groups attached to an aromatic ring is 1. The van der Waals surface area contributed by atoms with Gasteiger partial charge in [-0.2, -0.15) is 13.1 Å². The molecule has 106 valence electrons. The Hall–Kier alpha value is -1.19. The molecule has 1 saturated heterocycles. The van der Waals surface area contributed by atoms with E-state index >= 15 is 0 Å². The van der Waals surface area contributed by atoms with Crippen molar-refractivity contribution in [3.8, 4) is 0 Å². The molecule has 0 aliphatic carbocycles. The van der Waals surface area contributed by atoms with Gasteiger partial charge in [0.1, 0.15) is 6.10 Å². The van der Waals surface area contributed by atoms with Gasteiger partial charge in [0.25, 0.3) is 0 Å². The summed E-state index contributed by atoms with van der Waals surface area (Å²) in [4.78, 5) is 0. The van der Waals surface area contributed by atoms with Crippen LogP contribution in [0.5, 0.6) is 0 Å². The van der Waals surface area contributed by atoms with Gasteiger partial charge < -0.3 is 15.2 Å². The SMILES string of the molecule is COS(=O)(=O)N[C@@H]1OC(C)O[C@@H]1c1ccccc1N. The topological polar surface area (TPSA) is 99.9 Å². The molecule has 3 N–H and O–H groups in total. The highest BCUT2D eigenvalue weighted by molar-refractivity contribution is 7.84. The van der Waals surface area contributed by atoms with E-state index in [0.717, 1.165) is 7.11 Å². The third-order valence-electron chi connectivity index (χ3n) is 2.73. The van der Waals surface area contributed by atoms with E-state index in [-0.39, 0.29) is 0 Å². The molecule has 8 heteroatoms. The summed E-state index contributed by atoms with van der Waals surface area (Å²) in [7, 11) is -2.81. The zero-order valence-electron chi connectivity index (χ0n) is 10.6. The number of nitrogens with two attached hydrogens (primary N) is 1. The van der Waals surface area contributed by atoms with Crippen molar-refractivity contribution in [2.24, 2.45) is 0 Å². The number of para-hydroxylation sites is 1. The normalized spacial score (nSPS) is 27.6. The maximum atomic E-state index is 11.4. The molecule has 0 bridgehead atoms. The summed E-state index contributed by atoms with van der Waals surface area (Å²) in [6.45, 7) is 1.67. The minimum absolute atomic E-state index is 0.506. The van der Waals surface area contributed by atoms with Crippen molar-refractivity contribution in [2.45, 2.75) is 25.5 Å². The van der Waals surface area contributed by atoms with E-state index in [9.17, 15) is 8.42 Å². The van der Waals surface area contributed by atoms with Crippen LogP contribution in [0.2, 0.25) is 0 Å². The molecule has 1 aliphatic rings. The van der Waals surface area contributed by atoms with Crippen molar-refractivity contribution >= 4 is 16.0 Å². The van der Waals surface area contributed by atoms with Crippen molar-refractivity contribution < 1.29 is 22.1 Å². The van der Waals surface area contributed by atoms with Gasteiger partial charge in [0.15, 0.2) is 12.5 Å². The summed E-state index contributed by atoms with van der Waals surface area (Å²) in [6.07, 6.45) is -2.06. The van der Waals surface area contributed by atoms with Crippen LogP contribution in [0.15, 0.2) is 24.3 Å². The summed E-state index contributed by atoms with van der Waals surface area (Å²) in [5.74, 6) is 0. The predicted molar refractivity (Wildman–Crippen MR) is 68.1 cm³/mol. The molecule has 1 aliphatic heterocycles. The summed E-state index contributed by atoms with van der Waals surface area (Å²) in [5, 5.41) is 0. The van der Waals surface area contributed by atoms with Gasteiger partial charge >= 0.3 is 10.3 Å². The number of nitrogens with one attached hydrogen (secondary N) is 1. The smallest absolute Gasteiger partial charge is 0.337 e. The van der Waals surface area contributed by atoms with Crippen LogP contribution in [-0.4, -0.2) is 28.0 Å². The van der Waals surface area contributed by atoms with Gasteiger partial charge in [-0.05, 0) is 13.0 Å². The van der Waals surface area contributed by atoms with Crippen LogP contribution in [0.25, 0.3) is 0 Å². The number of ether oxygens (including phenoxy) is 2. The summed E-state index contributed by atoms with van der Waals surface area (Å²) in [6, 6.07) is 7.05. The second-order valence-corrected chi connectivity index (χ2v) is 5.53. The highest BCUT2D eigenvalue weighted by Gasteiger charge is 2.38. The molecule has 1 unspecified atom stereocenters. The van der Waals surface area contributed by atoms with E-state index in [2.05, 4.69) is 8.91 Å². The Bertz CT molecular complexity index is 548. The van der Waals surface area contributed by atoms with Crippen LogP contribution in [0.4, 0.5) is 5.69 Å². The van der Waals surface area contributed by atoms with Crippen molar-refractivity contribution in [3.63, 3.8) is 0 Å². The number of rotatable bonds is 4. The van der Waals surface area contributed by atoms with Crippen LogP contribution in [-0.2, 0) is 24.0 Å². The maximum absolute atomic E-state index is 11.4. The average Bonchev–Trinajstić information content (AvgIpc) is 2.70. The first-order valence-electron chi connectivity index (χ1n) is 5.66. The lowest BCUT2D eigenvalue weighted by Gasteiger charge is -2.18. The Balaban J connectivity index is 2.26. The highest BCUT2D eigenvalue weighted by Crippen LogP contribution is 2.34. The Morgan fingerprint density at radius 3 is 2.63 bits per heavy atom. The van der Waals surface area contributed by atoms with E-state index in [1.54, 1.807) is 31.2 Å². The zero-order valence-corrected chi connectivity index (χ0v) is 11.4. The number of hydrogen-bond acceptors (Lipinski definition) is 6. The molecule has 2 rings (SSSR count). The first-order valence-corrected chi connectivity index (χ1v) is 7.07. The molecule has 0 radical (unpaired) electrons. The molecule has 1 aromatic rings. The van der Waals surface area contributed by atoms with E-state index in [4.69, 9.17) is 15.2 Å². The first kappa shape index (κ1) is 14.2. The third kappa shape index (κ3) is 3.23. The Morgan fingerprint density at radius 2 is 2.00 bits per heavy atom. The minimum atomic E-state index is -3.88. The number of benzene rings is 1. The monoisotopic (exact) mass is 288 g/mol. The number of hydrogen-bond donors (Lipinski definition) is 2. The Labute approximate surface area is 111 Å². The molecule has 0 saturated carbocycles. The summed E-state index contributed by atoms with van der Waals surface area (Å²) < 4.78 is 40.4. The van der Waals surface area contributed by atoms with Crippen LogP contribution in [0.1, 0.15) is 18.6 Å². The van der Waals surface area contributed by atoms with Crippen LogP contribution in [0.3, 0.4) is 0 Å². The fourth-order valence-corrected chi connectivity index (χ4v) is 2.43. The molecule has 1 aromatic carbocycles. The van der Waals surface area contributed by atoms with Crippen LogP contribution in [0, 0.1) is 0 Å². The molecule has 0 amide bonds. The molecule has 1 heterocycles. The second-order valence-electron chi connectivity index (χ2n) is 4.05. The van der Waals surface area contributed by atoms with E-state index in [1.807, 2.05) is 0 Å². The Morgan fingerprint density at radius 1 is 1.32 bits per heavy atom. The van der Waals surface area contributed by atoms with Crippen LogP contribution >= 0.6 is 0 Å². The van der Waals surface area contributed by atoms with Crippen molar-refractivity contribution in [2.75, 3.05) is 12.8 Å². The van der Waals surface area contributed by atoms with E-state index < -0.39 is 28.9 Å². The fourth-order valence-electron chi connectivity index (χ4n) is 1.87. The van der Waals surface area contributed by atoms with E-state index in [1.165, 1.54) is 0 Å². The zero-order chi connectivity index (χ0) is 14.0. The van der Waals surface area contributed by atoms with Crippen molar-refractivity contribution in [1.82, 2.24) is 4.72 Å². The molecular weight excluding hydrogens is 272 g/mol. The van der Waals surface area contributed by atoms with Crippen molar-refractivity contribution in [1.29, 1.82) is 0 Å². The third-order valence-corrected chi connectivity index (χ3v) is 3.69. The lowest BCUT2D eigenvalue weighted by atomic mass is 10.1. The number of anilines is 1. The molecule has 19 heavy (non-hydrogen) atoms. The molecule has 1 fully saturated rings. The second kappa shape index (κ2) is 5.43. The highest BCUT2D eigenvalue weighted by atomic mass is 32.2. The predicted octanol–water partition coefficient (Wildman–Crippen LogP) is 0.510. The quantitative estimate of drug-likeness (QED) is 0.783. The maximum Gasteiger partial charge on any atom is 0.337 e. The lowest BCUT2D eigenvalue weighted by molar-refractivity contribution is -0.0522. The Kier molecular flexibility index (Phi) is 4.07. The summed E-state index contributed by atoms with van der Waals surface area (Å²) >= 11 is 0. The van der Waals surface area contributed by atoms with Gasteiger partial charge in [-0.1, -0.05) is 18.2 Å². The molecule has 0 spiro atoms.